The molecule has 0 spiro atoms. The summed E-state index contributed by atoms with van der Waals surface area (Å²) < 4.78 is 36.4. The number of nitrogens with zero attached hydrogens (tertiary/aromatic N) is 2. The maximum absolute atomic E-state index is 12.1. The third-order valence-corrected chi connectivity index (χ3v) is 1.45. The van der Waals surface area contributed by atoms with E-state index in [2.05, 4.69) is 4.98 Å². The van der Waals surface area contributed by atoms with E-state index in [1.165, 1.54) is 0 Å². The van der Waals surface area contributed by atoms with Crippen LogP contribution in [0.5, 0.6) is 0 Å². The number of aldehydes is 1. The highest BCUT2D eigenvalue weighted by Gasteiger charge is 2.38. The van der Waals surface area contributed by atoms with Crippen LogP contribution in [0.2, 0.25) is 0 Å². The zero-order chi connectivity index (χ0) is 11.6. The van der Waals surface area contributed by atoms with Gasteiger partial charge in [-0.3, -0.25) is 4.79 Å². The minimum atomic E-state index is -4.82. The molecule has 0 aliphatic heterocycles. The lowest BCUT2D eigenvalue weighted by Gasteiger charge is -2.01. The maximum Gasteiger partial charge on any atom is 0.458 e. The van der Waals surface area contributed by atoms with Gasteiger partial charge in [0.25, 0.3) is 5.69 Å². The number of carbonyl (C=O) groups excluding carboxylic acids is 1. The first-order chi connectivity index (χ1) is 6.84. The minimum absolute atomic E-state index is 0.0872. The molecule has 0 amide bonds. The van der Waals surface area contributed by atoms with E-state index < -0.39 is 28.2 Å². The second kappa shape index (κ2) is 3.64. The van der Waals surface area contributed by atoms with Gasteiger partial charge < -0.3 is 10.1 Å². The molecule has 80 valence electrons. The molecule has 0 aliphatic rings. The lowest BCUT2D eigenvalue weighted by molar-refractivity contribution is -0.390. The first kappa shape index (κ1) is 11.1. The summed E-state index contributed by atoms with van der Waals surface area (Å²) >= 11 is 0. The van der Waals surface area contributed by atoms with Crippen LogP contribution in [0.15, 0.2) is 12.1 Å². The van der Waals surface area contributed by atoms with Gasteiger partial charge in [0.15, 0.2) is 6.29 Å². The predicted molar refractivity (Wildman–Crippen MR) is 41.3 cm³/mol. The molecule has 1 aromatic heterocycles. The second-order valence-electron chi connectivity index (χ2n) is 2.52. The molecule has 0 unspecified atom stereocenters. The van der Waals surface area contributed by atoms with Gasteiger partial charge in [-0.15, -0.1) is 0 Å². The standard InChI is InChI=1S/C7H3F3N2O3/c8-7(9,10)5-1-4(3-13)2-6(11-5)12(14)15/h1-3H. The van der Waals surface area contributed by atoms with Crippen LogP contribution in [0, 0.1) is 10.1 Å². The van der Waals surface area contributed by atoms with Gasteiger partial charge in [0.1, 0.15) is 0 Å². The maximum atomic E-state index is 12.1. The quantitative estimate of drug-likeness (QED) is 0.433. The number of hydrogen-bond acceptors (Lipinski definition) is 4. The van der Waals surface area contributed by atoms with Gasteiger partial charge in [0.2, 0.25) is 0 Å². The van der Waals surface area contributed by atoms with Gasteiger partial charge in [-0.1, -0.05) is 0 Å². The average Bonchev–Trinajstić information content (AvgIpc) is 2.15. The fourth-order valence-corrected chi connectivity index (χ4v) is 0.843. The van der Waals surface area contributed by atoms with Crippen molar-refractivity contribution in [3.63, 3.8) is 0 Å². The lowest BCUT2D eigenvalue weighted by Crippen LogP contribution is -2.10. The van der Waals surface area contributed by atoms with Gasteiger partial charge in [-0.25, -0.2) is 0 Å². The van der Waals surface area contributed by atoms with Crippen LogP contribution in [0.25, 0.3) is 0 Å². The van der Waals surface area contributed by atoms with E-state index in [0.29, 0.717) is 12.1 Å². The SMILES string of the molecule is O=Cc1cc([N+](=O)[O-])nc(C(F)(F)F)c1. The van der Waals surface area contributed by atoms with Crippen molar-refractivity contribution in [3.8, 4) is 0 Å². The van der Waals surface area contributed by atoms with Crippen molar-refractivity contribution >= 4 is 12.1 Å². The van der Waals surface area contributed by atoms with E-state index in [9.17, 15) is 28.1 Å². The number of hydrogen-bond donors (Lipinski definition) is 0. The van der Waals surface area contributed by atoms with E-state index in [1.807, 2.05) is 0 Å². The van der Waals surface area contributed by atoms with E-state index >= 15 is 0 Å². The van der Waals surface area contributed by atoms with Crippen molar-refractivity contribution < 1.29 is 22.9 Å². The molecule has 0 bridgehead atoms. The first-order valence-corrected chi connectivity index (χ1v) is 3.53. The fourth-order valence-electron chi connectivity index (χ4n) is 0.843. The van der Waals surface area contributed by atoms with Crippen molar-refractivity contribution in [2.75, 3.05) is 0 Å². The highest BCUT2D eigenvalue weighted by atomic mass is 19.4. The van der Waals surface area contributed by atoms with Crippen molar-refractivity contribution in [2.24, 2.45) is 0 Å². The van der Waals surface area contributed by atoms with Gasteiger partial charge in [0.05, 0.1) is 0 Å². The number of halogens is 3. The van der Waals surface area contributed by atoms with Crippen molar-refractivity contribution in [1.82, 2.24) is 4.98 Å². The molecule has 1 aromatic rings. The van der Waals surface area contributed by atoms with Crippen molar-refractivity contribution in [1.29, 1.82) is 0 Å². The molecule has 1 rings (SSSR count). The number of alkyl halides is 3. The summed E-state index contributed by atoms with van der Waals surface area (Å²) in [6, 6.07) is 1.11. The highest BCUT2D eigenvalue weighted by Crippen LogP contribution is 2.29. The summed E-state index contributed by atoms with van der Waals surface area (Å²) in [4.78, 5) is 22.1. The molecule has 0 aromatic carbocycles. The Kier molecular flexibility index (Phi) is 2.69. The number of pyridine rings is 1. The summed E-state index contributed by atoms with van der Waals surface area (Å²) in [5.74, 6) is -1.01. The number of carbonyl (C=O) groups is 1. The zero-order valence-electron chi connectivity index (χ0n) is 6.99. The Morgan fingerprint density at radius 3 is 2.40 bits per heavy atom. The van der Waals surface area contributed by atoms with Crippen LogP contribution in [0.3, 0.4) is 0 Å². The topological polar surface area (TPSA) is 73.1 Å². The predicted octanol–water partition coefficient (Wildman–Crippen LogP) is 1.82. The molecular weight excluding hydrogens is 217 g/mol. The van der Waals surface area contributed by atoms with Gasteiger partial charge in [-0.05, 0) is 9.91 Å². The van der Waals surface area contributed by atoms with Crippen LogP contribution in [-0.4, -0.2) is 16.2 Å². The molecule has 5 nitrogen and oxygen atoms in total. The summed E-state index contributed by atoms with van der Waals surface area (Å²) in [6.45, 7) is 0. The zero-order valence-corrected chi connectivity index (χ0v) is 6.99. The summed E-state index contributed by atoms with van der Waals surface area (Å²) in [7, 11) is 0. The molecule has 0 atom stereocenters. The van der Waals surface area contributed by atoms with Gasteiger partial charge in [-0.2, -0.15) is 13.2 Å². The van der Waals surface area contributed by atoms with Gasteiger partial charge in [0, 0.05) is 17.7 Å². The van der Waals surface area contributed by atoms with Crippen LogP contribution < -0.4 is 0 Å². The molecular formula is C7H3F3N2O3. The summed E-state index contributed by atoms with van der Waals surface area (Å²) in [5, 5.41) is 10.2. The Morgan fingerprint density at radius 1 is 1.40 bits per heavy atom. The minimum Gasteiger partial charge on any atom is -0.358 e. The Labute approximate surface area is 80.7 Å². The third kappa shape index (κ3) is 2.48. The van der Waals surface area contributed by atoms with E-state index in [-0.39, 0.29) is 6.29 Å². The van der Waals surface area contributed by atoms with Gasteiger partial charge >= 0.3 is 12.0 Å². The number of nitro groups is 1. The van der Waals surface area contributed by atoms with Crippen LogP contribution >= 0.6 is 0 Å². The molecule has 1 heterocycles. The number of aromatic nitrogens is 1. The monoisotopic (exact) mass is 220 g/mol. The van der Waals surface area contributed by atoms with Crippen molar-refractivity contribution in [3.05, 3.63) is 33.5 Å². The summed E-state index contributed by atoms with van der Waals surface area (Å²) in [5.41, 5.74) is -1.90. The molecule has 0 radical (unpaired) electrons. The Balaban J connectivity index is 3.36. The van der Waals surface area contributed by atoms with E-state index in [0.717, 1.165) is 0 Å². The molecule has 8 heteroatoms. The lowest BCUT2D eigenvalue weighted by atomic mass is 10.2. The third-order valence-electron chi connectivity index (χ3n) is 1.45. The Morgan fingerprint density at radius 2 is 2.00 bits per heavy atom. The molecule has 0 N–H and O–H groups in total. The number of rotatable bonds is 2. The van der Waals surface area contributed by atoms with E-state index in [4.69, 9.17) is 0 Å². The Hall–Kier alpha value is -1.99. The second-order valence-corrected chi connectivity index (χ2v) is 2.52. The molecule has 0 aliphatic carbocycles. The molecule has 0 saturated heterocycles. The smallest absolute Gasteiger partial charge is 0.358 e. The fraction of sp³-hybridized carbons (Fsp3) is 0.143. The van der Waals surface area contributed by atoms with Crippen molar-refractivity contribution in [2.45, 2.75) is 6.18 Å². The van der Waals surface area contributed by atoms with Crippen LogP contribution in [0.4, 0.5) is 19.0 Å². The first-order valence-electron chi connectivity index (χ1n) is 3.53. The van der Waals surface area contributed by atoms with E-state index in [1.54, 1.807) is 0 Å². The summed E-state index contributed by atoms with van der Waals surface area (Å²) in [6.07, 6.45) is -4.73. The van der Waals surface area contributed by atoms with Crippen LogP contribution in [0.1, 0.15) is 16.1 Å². The molecule has 15 heavy (non-hydrogen) atoms. The Bertz CT molecular complexity index is 416. The molecule has 0 fully saturated rings. The largest absolute Gasteiger partial charge is 0.458 e. The normalized spacial score (nSPS) is 11.1. The highest BCUT2D eigenvalue weighted by molar-refractivity contribution is 5.75. The van der Waals surface area contributed by atoms with Crippen LogP contribution in [-0.2, 0) is 6.18 Å². The average molecular weight is 220 g/mol. The molecule has 0 saturated carbocycles.